The highest BCUT2D eigenvalue weighted by molar-refractivity contribution is 7.89. The summed E-state index contributed by atoms with van der Waals surface area (Å²) < 4.78 is 46.7. The van der Waals surface area contributed by atoms with Gasteiger partial charge in [-0.2, -0.15) is 4.31 Å². The molecule has 0 atom stereocenters. The maximum atomic E-state index is 13.6. The molecule has 2 heterocycles. The molecule has 0 unspecified atom stereocenters. The molecule has 6 nitrogen and oxygen atoms in total. The molecule has 4 rings (SSSR count). The average Bonchev–Trinajstić information content (AvgIpc) is 3.09. The fourth-order valence-corrected chi connectivity index (χ4v) is 6.15. The first-order chi connectivity index (χ1) is 14.3. The Balaban J connectivity index is 1.49. The molecule has 30 heavy (non-hydrogen) atoms. The number of rotatable bonds is 4. The number of amides is 1. The lowest BCUT2D eigenvalue weighted by Gasteiger charge is -2.34. The highest BCUT2D eigenvalue weighted by Gasteiger charge is 2.31. The Morgan fingerprint density at radius 1 is 1.07 bits per heavy atom. The van der Waals surface area contributed by atoms with Crippen LogP contribution in [0.2, 0.25) is 0 Å². The van der Waals surface area contributed by atoms with Crippen molar-refractivity contribution in [3.63, 3.8) is 0 Å². The second-order valence-electron chi connectivity index (χ2n) is 7.07. The highest BCUT2D eigenvalue weighted by atomic mass is 32.2. The Hall–Kier alpha value is -2.49. The van der Waals surface area contributed by atoms with Gasteiger partial charge in [-0.15, -0.1) is 11.3 Å². The minimum atomic E-state index is -3.63. The predicted molar refractivity (Wildman–Crippen MR) is 114 cm³/mol. The Morgan fingerprint density at radius 3 is 2.37 bits per heavy atom. The molecule has 0 spiro atoms. The van der Waals surface area contributed by atoms with Crippen molar-refractivity contribution < 1.29 is 22.3 Å². The Bertz CT molecular complexity index is 1200. The summed E-state index contributed by atoms with van der Waals surface area (Å²) in [5.74, 6) is 0.110. The number of benzene rings is 2. The minimum Gasteiger partial charge on any atom is -0.497 e. The van der Waals surface area contributed by atoms with E-state index < -0.39 is 10.0 Å². The molecule has 9 heteroatoms. The van der Waals surface area contributed by atoms with E-state index in [0.717, 1.165) is 15.6 Å². The summed E-state index contributed by atoms with van der Waals surface area (Å²) in [5, 5.41) is 0.740. The van der Waals surface area contributed by atoms with Crippen LogP contribution in [0.1, 0.15) is 15.2 Å². The van der Waals surface area contributed by atoms with Gasteiger partial charge in [-0.05, 0) is 60.3 Å². The largest absolute Gasteiger partial charge is 0.497 e. The summed E-state index contributed by atoms with van der Waals surface area (Å²) in [6.07, 6.45) is 0. The molecule has 0 N–H and O–H groups in total. The molecule has 3 aromatic rings. The Kier molecular flexibility index (Phi) is 5.52. The maximum Gasteiger partial charge on any atom is 0.264 e. The normalized spacial score (nSPS) is 15.5. The third-order valence-electron chi connectivity index (χ3n) is 5.32. The zero-order valence-corrected chi connectivity index (χ0v) is 18.2. The van der Waals surface area contributed by atoms with Crippen molar-refractivity contribution in [2.24, 2.45) is 0 Å². The van der Waals surface area contributed by atoms with E-state index in [-0.39, 0.29) is 29.7 Å². The van der Waals surface area contributed by atoms with E-state index >= 15 is 0 Å². The van der Waals surface area contributed by atoms with Crippen LogP contribution >= 0.6 is 11.3 Å². The zero-order valence-electron chi connectivity index (χ0n) is 16.6. The van der Waals surface area contributed by atoms with E-state index in [2.05, 4.69) is 0 Å². The molecule has 158 valence electrons. The second kappa shape index (κ2) is 7.98. The average molecular weight is 449 g/mol. The number of carbonyl (C=O) groups excluding carboxylic acids is 1. The molecule has 0 radical (unpaired) electrons. The van der Waals surface area contributed by atoms with E-state index in [1.54, 1.807) is 23.1 Å². The van der Waals surface area contributed by atoms with Crippen molar-refractivity contribution in [1.82, 2.24) is 9.21 Å². The molecule has 1 saturated heterocycles. The first kappa shape index (κ1) is 20.8. The summed E-state index contributed by atoms with van der Waals surface area (Å²) in [7, 11) is -2.11. The molecule has 2 aromatic carbocycles. The van der Waals surface area contributed by atoms with Crippen LogP contribution in [0.5, 0.6) is 5.75 Å². The number of hydrogen-bond donors (Lipinski definition) is 0. The van der Waals surface area contributed by atoms with Gasteiger partial charge >= 0.3 is 0 Å². The number of sulfonamides is 1. The number of aryl methyl sites for hydroxylation is 1. The summed E-state index contributed by atoms with van der Waals surface area (Å²) in [5.41, 5.74) is 0.757. The number of ether oxygens (including phenoxy) is 1. The van der Waals surface area contributed by atoms with Gasteiger partial charge in [-0.25, -0.2) is 12.8 Å². The Morgan fingerprint density at radius 2 is 1.73 bits per heavy atom. The van der Waals surface area contributed by atoms with Crippen molar-refractivity contribution in [2.75, 3.05) is 33.3 Å². The van der Waals surface area contributed by atoms with Gasteiger partial charge in [0.2, 0.25) is 10.0 Å². The van der Waals surface area contributed by atoms with Crippen LogP contribution in [0, 0.1) is 12.7 Å². The van der Waals surface area contributed by atoms with Gasteiger partial charge in [-0.3, -0.25) is 4.79 Å². The monoisotopic (exact) mass is 448 g/mol. The van der Waals surface area contributed by atoms with E-state index in [0.29, 0.717) is 23.7 Å². The van der Waals surface area contributed by atoms with E-state index in [1.165, 1.54) is 47.0 Å². The fourth-order valence-electron chi connectivity index (χ4n) is 3.57. The van der Waals surface area contributed by atoms with Crippen molar-refractivity contribution in [3.05, 3.63) is 58.7 Å². The molecule has 0 aliphatic carbocycles. The molecule has 1 aliphatic rings. The molecular weight excluding hydrogens is 427 g/mol. The summed E-state index contributed by atoms with van der Waals surface area (Å²) in [6, 6.07) is 10.8. The van der Waals surface area contributed by atoms with Crippen LogP contribution in [-0.4, -0.2) is 56.8 Å². The number of hydrogen-bond acceptors (Lipinski definition) is 5. The number of fused-ring (bicyclic) bond motifs is 1. The van der Waals surface area contributed by atoms with Gasteiger partial charge in [0.15, 0.2) is 0 Å². The first-order valence-corrected chi connectivity index (χ1v) is 11.7. The van der Waals surface area contributed by atoms with Crippen molar-refractivity contribution in [2.45, 2.75) is 11.8 Å². The maximum absolute atomic E-state index is 13.6. The third-order valence-corrected chi connectivity index (χ3v) is 8.49. The van der Waals surface area contributed by atoms with Gasteiger partial charge in [0, 0.05) is 30.9 Å². The molecule has 1 amide bonds. The summed E-state index contributed by atoms with van der Waals surface area (Å²) >= 11 is 1.34. The molecule has 0 saturated carbocycles. The van der Waals surface area contributed by atoms with E-state index in [1.807, 2.05) is 6.92 Å². The van der Waals surface area contributed by atoms with Gasteiger partial charge in [0.1, 0.15) is 11.6 Å². The number of piperazine rings is 1. The van der Waals surface area contributed by atoms with Crippen LogP contribution < -0.4 is 4.74 Å². The fraction of sp³-hybridized carbons (Fsp3) is 0.286. The smallest absolute Gasteiger partial charge is 0.264 e. The van der Waals surface area contributed by atoms with Gasteiger partial charge < -0.3 is 9.64 Å². The first-order valence-electron chi connectivity index (χ1n) is 9.43. The molecule has 1 aromatic heterocycles. The summed E-state index contributed by atoms with van der Waals surface area (Å²) in [6.45, 7) is 2.86. The minimum absolute atomic E-state index is 0.143. The SMILES string of the molecule is COc1ccc(S(=O)(=O)N2CCN(C(=O)c3sc4ccc(F)cc4c3C)CC2)cc1. The highest BCUT2D eigenvalue weighted by Crippen LogP contribution is 2.32. The summed E-state index contributed by atoms with van der Waals surface area (Å²) in [4.78, 5) is 15.5. The quantitative estimate of drug-likeness (QED) is 0.613. The molecule has 1 fully saturated rings. The van der Waals surface area contributed by atoms with Gasteiger partial charge in [-0.1, -0.05) is 0 Å². The number of methoxy groups -OCH3 is 1. The molecule has 0 bridgehead atoms. The number of halogens is 1. The van der Waals surface area contributed by atoms with E-state index in [4.69, 9.17) is 4.74 Å². The van der Waals surface area contributed by atoms with Crippen LogP contribution in [0.3, 0.4) is 0 Å². The third kappa shape index (κ3) is 3.68. The van der Waals surface area contributed by atoms with Crippen molar-refractivity contribution in [1.29, 1.82) is 0 Å². The Labute approximate surface area is 178 Å². The van der Waals surface area contributed by atoms with Gasteiger partial charge in [0.05, 0.1) is 16.9 Å². The van der Waals surface area contributed by atoms with Crippen LogP contribution in [0.25, 0.3) is 10.1 Å². The van der Waals surface area contributed by atoms with Crippen LogP contribution in [0.15, 0.2) is 47.4 Å². The van der Waals surface area contributed by atoms with Crippen LogP contribution in [0.4, 0.5) is 4.39 Å². The predicted octanol–water partition coefficient (Wildman–Crippen LogP) is 3.50. The lowest BCUT2D eigenvalue weighted by molar-refractivity contribution is 0.0702. The van der Waals surface area contributed by atoms with Crippen molar-refractivity contribution >= 4 is 37.4 Å². The van der Waals surface area contributed by atoms with Crippen LogP contribution in [-0.2, 0) is 10.0 Å². The standard InChI is InChI=1S/C21H21FN2O4S2/c1-14-18-13-15(22)3-8-19(18)29-20(14)21(25)23-9-11-24(12-10-23)30(26,27)17-6-4-16(28-2)5-7-17/h3-8,13H,9-12H2,1-2H3. The molecular formula is C21H21FN2O4S2. The lowest BCUT2D eigenvalue weighted by atomic mass is 10.1. The number of carbonyl (C=O) groups is 1. The number of nitrogens with zero attached hydrogens (tertiary/aromatic N) is 2. The van der Waals surface area contributed by atoms with Crippen molar-refractivity contribution in [3.8, 4) is 5.75 Å². The molecule has 1 aliphatic heterocycles. The van der Waals surface area contributed by atoms with E-state index in [9.17, 15) is 17.6 Å². The number of thiophene rings is 1. The zero-order chi connectivity index (χ0) is 21.5. The van der Waals surface area contributed by atoms with Gasteiger partial charge in [0.25, 0.3) is 5.91 Å². The lowest BCUT2D eigenvalue weighted by Crippen LogP contribution is -2.50. The second-order valence-corrected chi connectivity index (χ2v) is 10.1. The topological polar surface area (TPSA) is 66.9 Å².